The number of nitriles is 1. The van der Waals surface area contributed by atoms with Gasteiger partial charge in [0.1, 0.15) is 6.04 Å². The third-order valence-electron chi connectivity index (χ3n) is 2.07. The van der Waals surface area contributed by atoms with Gasteiger partial charge in [-0.15, -0.1) is 0 Å². The largest absolute Gasteiger partial charge is 0.401 e. The van der Waals surface area contributed by atoms with Crippen molar-refractivity contribution in [1.82, 2.24) is 15.1 Å². The van der Waals surface area contributed by atoms with Gasteiger partial charge in [0, 0.05) is 18.3 Å². The van der Waals surface area contributed by atoms with E-state index in [1.165, 1.54) is 6.20 Å². The Hall–Kier alpha value is -1.55. The van der Waals surface area contributed by atoms with Crippen molar-refractivity contribution in [3.8, 4) is 6.07 Å². The van der Waals surface area contributed by atoms with Gasteiger partial charge >= 0.3 is 6.18 Å². The first-order valence-corrected chi connectivity index (χ1v) is 5.18. The fraction of sp³-hybridized carbons (Fsp3) is 0.600. The van der Waals surface area contributed by atoms with Crippen molar-refractivity contribution in [3.05, 3.63) is 18.0 Å². The maximum absolute atomic E-state index is 12.0. The minimum absolute atomic E-state index is 0.449. The van der Waals surface area contributed by atoms with Crippen LogP contribution in [0.25, 0.3) is 0 Å². The number of nitrogens with one attached hydrogen (secondary N) is 1. The number of aryl methyl sites for hydroxylation is 1. The van der Waals surface area contributed by atoms with Crippen LogP contribution in [0.3, 0.4) is 0 Å². The summed E-state index contributed by atoms with van der Waals surface area (Å²) < 4.78 is 37.6. The molecule has 1 rings (SSSR count). The van der Waals surface area contributed by atoms with E-state index in [4.69, 9.17) is 5.26 Å². The van der Waals surface area contributed by atoms with E-state index in [1.54, 1.807) is 16.9 Å². The van der Waals surface area contributed by atoms with Crippen molar-refractivity contribution in [1.29, 1.82) is 5.26 Å². The number of hydrogen-bond donors (Lipinski definition) is 1. The smallest absolute Gasteiger partial charge is 0.290 e. The molecule has 0 aliphatic rings. The average Bonchev–Trinajstić information content (AvgIpc) is 2.66. The molecule has 0 spiro atoms. The van der Waals surface area contributed by atoms with Gasteiger partial charge in [-0.05, 0) is 6.42 Å². The van der Waals surface area contributed by atoms with E-state index in [-0.39, 0.29) is 0 Å². The Morgan fingerprint density at radius 3 is 2.82 bits per heavy atom. The normalized spacial score (nSPS) is 13.4. The maximum Gasteiger partial charge on any atom is 0.401 e. The molecule has 0 amide bonds. The van der Waals surface area contributed by atoms with E-state index in [1.807, 2.05) is 6.92 Å². The lowest BCUT2D eigenvalue weighted by atomic mass is 10.2. The average molecular weight is 246 g/mol. The van der Waals surface area contributed by atoms with Gasteiger partial charge in [0.25, 0.3) is 0 Å². The second kappa shape index (κ2) is 5.68. The Kier molecular flexibility index (Phi) is 4.52. The number of hydrogen-bond acceptors (Lipinski definition) is 3. The van der Waals surface area contributed by atoms with Crippen LogP contribution in [0.15, 0.2) is 12.4 Å². The molecule has 1 aromatic heterocycles. The van der Waals surface area contributed by atoms with Gasteiger partial charge in [-0.2, -0.15) is 23.5 Å². The first-order chi connectivity index (χ1) is 7.96. The number of aromatic nitrogens is 2. The third-order valence-corrected chi connectivity index (χ3v) is 2.07. The van der Waals surface area contributed by atoms with Gasteiger partial charge < -0.3 is 0 Å². The molecule has 1 heterocycles. The summed E-state index contributed by atoms with van der Waals surface area (Å²) in [6, 6.07) is 0.798. The van der Waals surface area contributed by atoms with Crippen LogP contribution in [-0.4, -0.2) is 22.5 Å². The highest BCUT2D eigenvalue weighted by molar-refractivity contribution is 5.17. The van der Waals surface area contributed by atoms with Gasteiger partial charge in [0.05, 0.1) is 18.8 Å². The molecule has 0 saturated heterocycles. The van der Waals surface area contributed by atoms with Crippen LogP contribution < -0.4 is 5.32 Å². The quantitative estimate of drug-likeness (QED) is 0.864. The van der Waals surface area contributed by atoms with Crippen LogP contribution in [0.4, 0.5) is 13.2 Å². The first kappa shape index (κ1) is 13.5. The Morgan fingerprint density at radius 1 is 1.59 bits per heavy atom. The van der Waals surface area contributed by atoms with Crippen molar-refractivity contribution < 1.29 is 13.2 Å². The molecule has 7 heteroatoms. The van der Waals surface area contributed by atoms with Crippen molar-refractivity contribution in [2.24, 2.45) is 0 Å². The molecule has 0 bridgehead atoms. The molecular weight excluding hydrogens is 233 g/mol. The predicted octanol–water partition coefficient (Wildman–Crippen LogP) is 2.01. The molecule has 1 aromatic rings. The highest BCUT2D eigenvalue weighted by Gasteiger charge is 2.28. The van der Waals surface area contributed by atoms with Crippen LogP contribution in [0.5, 0.6) is 0 Å². The minimum Gasteiger partial charge on any atom is -0.290 e. The molecule has 0 fully saturated rings. The van der Waals surface area contributed by atoms with Crippen LogP contribution in [0, 0.1) is 11.3 Å². The van der Waals surface area contributed by atoms with Crippen LogP contribution in [0.2, 0.25) is 0 Å². The lowest BCUT2D eigenvalue weighted by Crippen LogP contribution is -2.31. The lowest BCUT2D eigenvalue weighted by Gasteiger charge is -2.11. The monoisotopic (exact) mass is 246 g/mol. The molecule has 0 saturated carbocycles. The molecule has 1 N–H and O–H groups in total. The van der Waals surface area contributed by atoms with Crippen LogP contribution in [0.1, 0.15) is 24.9 Å². The Bertz CT molecular complexity index is 391. The van der Waals surface area contributed by atoms with Crippen molar-refractivity contribution in [3.63, 3.8) is 0 Å². The predicted molar refractivity (Wildman–Crippen MR) is 54.9 cm³/mol. The van der Waals surface area contributed by atoms with E-state index < -0.39 is 18.8 Å². The number of halogens is 3. The van der Waals surface area contributed by atoms with Gasteiger partial charge in [-0.1, -0.05) is 6.92 Å². The summed E-state index contributed by atoms with van der Waals surface area (Å²) in [5.74, 6) is 0. The minimum atomic E-state index is -4.32. The molecule has 0 aliphatic heterocycles. The summed E-state index contributed by atoms with van der Waals surface area (Å²) in [6.07, 6.45) is -0.462. The molecule has 0 aliphatic carbocycles. The molecule has 1 unspecified atom stereocenters. The number of alkyl halides is 3. The Morgan fingerprint density at radius 2 is 2.29 bits per heavy atom. The zero-order chi connectivity index (χ0) is 12.9. The second-order valence-electron chi connectivity index (χ2n) is 3.59. The zero-order valence-electron chi connectivity index (χ0n) is 9.33. The second-order valence-corrected chi connectivity index (χ2v) is 3.59. The Balaban J connectivity index is 2.64. The van der Waals surface area contributed by atoms with Gasteiger partial charge in [-0.25, -0.2) is 0 Å². The zero-order valence-corrected chi connectivity index (χ0v) is 9.33. The SMILES string of the molecule is CCCn1cc(C(C#N)NCC(F)(F)F)cn1. The topological polar surface area (TPSA) is 53.6 Å². The van der Waals surface area contributed by atoms with E-state index in [9.17, 15) is 13.2 Å². The summed E-state index contributed by atoms with van der Waals surface area (Å²) in [5.41, 5.74) is 0.449. The number of rotatable bonds is 5. The molecule has 0 radical (unpaired) electrons. The fourth-order valence-corrected chi connectivity index (χ4v) is 1.34. The third kappa shape index (κ3) is 4.44. The highest BCUT2D eigenvalue weighted by Crippen LogP contribution is 2.16. The van der Waals surface area contributed by atoms with Crippen LogP contribution in [-0.2, 0) is 6.54 Å². The summed E-state index contributed by atoms with van der Waals surface area (Å²) >= 11 is 0. The van der Waals surface area contributed by atoms with Crippen LogP contribution >= 0.6 is 0 Å². The summed E-state index contributed by atoms with van der Waals surface area (Å²) in [7, 11) is 0. The van der Waals surface area contributed by atoms with Crippen molar-refractivity contribution >= 4 is 0 Å². The van der Waals surface area contributed by atoms with Crippen molar-refractivity contribution in [2.75, 3.05) is 6.54 Å². The molecule has 17 heavy (non-hydrogen) atoms. The van der Waals surface area contributed by atoms with E-state index >= 15 is 0 Å². The number of nitrogens with zero attached hydrogens (tertiary/aromatic N) is 3. The molecule has 0 aromatic carbocycles. The summed E-state index contributed by atoms with van der Waals surface area (Å²) in [6.45, 7) is 1.45. The fourth-order valence-electron chi connectivity index (χ4n) is 1.34. The van der Waals surface area contributed by atoms with E-state index in [0.717, 1.165) is 6.42 Å². The maximum atomic E-state index is 12.0. The van der Waals surface area contributed by atoms with Crippen molar-refractivity contribution in [2.45, 2.75) is 32.1 Å². The van der Waals surface area contributed by atoms with E-state index in [0.29, 0.717) is 12.1 Å². The Labute approximate surface area is 97.0 Å². The molecular formula is C10H13F3N4. The molecule has 94 valence electrons. The molecule has 4 nitrogen and oxygen atoms in total. The molecule has 1 atom stereocenters. The summed E-state index contributed by atoms with van der Waals surface area (Å²) in [5, 5.41) is 14.9. The van der Waals surface area contributed by atoms with Gasteiger partial charge in [0.15, 0.2) is 0 Å². The van der Waals surface area contributed by atoms with E-state index in [2.05, 4.69) is 10.4 Å². The standard InChI is InChI=1S/C10H13F3N4/c1-2-3-17-6-8(5-16-17)9(4-14)15-7-10(11,12)13/h5-6,9,15H,2-3,7H2,1H3. The highest BCUT2D eigenvalue weighted by atomic mass is 19.4. The lowest BCUT2D eigenvalue weighted by molar-refractivity contribution is -0.125. The summed E-state index contributed by atoms with van der Waals surface area (Å²) in [4.78, 5) is 0. The van der Waals surface area contributed by atoms with Gasteiger partial charge in [0.2, 0.25) is 0 Å². The van der Waals surface area contributed by atoms with Gasteiger partial charge in [-0.3, -0.25) is 10.00 Å². The first-order valence-electron chi connectivity index (χ1n) is 5.18.